The lowest BCUT2D eigenvalue weighted by atomic mass is 9.93. The van der Waals surface area contributed by atoms with E-state index in [1.54, 1.807) is 4.57 Å². The summed E-state index contributed by atoms with van der Waals surface area (Å²) in [6.07, 6.45) is 2.27. The first-order chi connectivity index (χ1) is 15.2. The Kier molecular flexibility index (Phi) is 6.72. The minimum atomic E-state index is -4.52. The number of carbonyl (C=O) groups excluding carboxylic acids is 1. The highest BCUT2D eigenvalue weighted by atomic mass is 31.2. The molecule has 2 aliphatic rings. The van der Waals surface area contributed by atoms with Gasteiger partial charge in [-0.15, -0.1) is 0 Å². The molecule has 6 N–H and O–H groups in total. The summed E-state index contributed by atoms with van der Waals surface area (Å²) < 4.78 is 22.9. The fourth-order valence-corrected chi connectivity index (χ4v) is 4.64. The molecule has 2 aromatic rings. The minimum absolute atomic E-state index is 0.176. The number of hydrogen-bond acceptors (Lipinski definition) is 9. The number of carbonyl (C=O) groups is 1. The van der Waals surface area contributed by atoms with Crippen molar-refractivity contribution in [1.82, 2.24) is 24.8 Å². The maximum absolute atomic E-state index is 12.5. The van der Waals surface area contributed by atoms with Gasteiger partial charge in [0.2, 0.25) is 0 Å². The molecule has 0 unspecified atom stereocenters. The molecular weight excluding hydrogens is 447 g/mol. The zero-order valence-electron chi connectivity index (χ0n) is 16.9. The van der Waals surface area contributed by atoms with Crippen LogP contribution < -0.4 is 10.6 Å². The predicted molar refractivity (Wildman–Crippen MR) is 108 cm³/mol. The van der Waals surface area contributed by atoms with Crippen LogP contribution in [0.4, 0.5) is 10.6 Å². The molecule has 32 heavy (non-hydrogen) atoms. The second kappa shape index (κ2) is 9.35. The molecule has 4 rings (SSSR count). The van der Waals surface area contributed by atoms with Crippen molar-refractivity contribution in [2.24, 2.45) is 0 Å². The Labute approximate surface area is 182 Å². The Balaban J connectivity index is 1.37. The highest BCUT2D eigenvalue weighted by Gasteiger charge is 2.35. The SMILES string of the molecule is O=C(Nc1ncnc2c1ncn2[C@H]1C[C@H](O)[C@@H](CO)O1)NC1CCC(OP(=O)(O)O)CC1. The first kappa shape index (κ1) is 23.0. The molecule has 2 amide bonds. The van der Waals surface area contributed by atoms with Crippen LogP contribution in [0.1, 0.15) is 38.3 Å². The molecule has 0 aromatic carbocycles. The van der Waals surface area contributed by atoms with Crippen molar-refractivity contribution >= 4 is 30.8 Å². The van der Waals surface area contributed by atoms with Crippen LogP contribution in [0.25, 0.3) is 11.2 Å². The van der Waals surface area contributed by atoms with E-state index in [0.29, 0.717) is 36.8 Å². The lowest BCUT2D eigenvalue weighted by Gasteiger charge is -2.28. The van der Waals surface area contributed by atoms with Gasteiger partial charge in [-0.1, -0.05) is 0 Å². The average Bonchev–Trinajstić information content (AvgIpc) is 3.32. The Hall–Kier alpha value is -2.19. The number of hydrogen-bond donors (Lipinski definition) is 6. The van der Waals surface area contributed by atoms with Gasteiger partial charge in [-0.3, -0.25) is 14.4 Å². The number of phosphoric ester groups is 1. The maximum Gasteiger partial charge on any atom is 0.469 e. The van der Waals surface area contributed by atoms with E-state index >= 15 is 0 Å². The lowest BCUT2D eigenvalue weighted by molar-refractivity contribution is -0.0432. The van der Waals surface area contributed by atoms with Crippen LogP contribution in [-0.4, -0.2) is 76.5 Å². The molecular formula is C17H25N6O8P. The van der Waals surface area contributed by atoms with Gasteiger partial charge in [0, 0.05) is 12.5 Å². The summed E-state index contributed by atoms with van der Waals surface area (Å²) in [5.74, 6) is 0.196. The topological polar surface area (TPSA) is 201 Å². The number of fused-ring (bicyclic) bond motifs is 1. The van der Waals surface area contributed by atoms with E-state index in [4.69, 9.17) is 19.0 Å². The van der Waals surface area contributed by atoms with Crippen molar-refractivity contribution < 1.29 is 38.6 Å². The number of aromatic nitrogens is 4. The van der Waals surface area contributed by atoms with Gasteiger partial charge < -0.3 is 30.1 Å². The third kappa shape index (κ3) is 5.23. The molecule has 2 aromatic heterocycles. The van der Waals surface area contributed by atoms with Gasteiger partial charge in [0.15, 0.2) is 17.0 Å². The van der Waals surface area contributed by atoms with E-state index in [-0.39, 0.29) is 24.9 Å². The molecule has 2 fully saturated rings. The van der Waals surface area contributed by atoms with Crippen LogP contribution in [0, 0.1) is 0 Å². The number of nitrogens with zero attached hydrogens (tertiary/aromatic N) is 4. The summed E-state index contributed by atoms with van der Waals surface area (Å²) in [7, 11) is -4.52. The van der Waals surface area contributed by atoms with Gasteiger partial charge in [0.05, 0.1) is 25.1 Å². The Bertz CT molecular complexity index is 1010. The van der Waals surface area contributed by atoms with Crippen LogP contribution in [0.5, 0.6) is 0 Å². The molecule has 0 bridgehead atoms. The monoisotopic (exact) mass is 472 g/mol. The smallest absolute Gasteiger partial charge is 0.394 e. The number of rotatable bonds is 6. The highest BCUT2D eigenvalue weighted by Crippen LogP contribution is 2.41. The van der Waals surface area contributed by atoms with Crippen molar-refractivity contribution in [1.29, 1.82) is 0 Å². The van der Waals surface area contributed by atoms with E-state index in [0.717, 1.165) is 0 Å². The molecule has 0 spiro atoms. The van der Waals surface area contributed by atoms with E-state index in [2.05, 4.69) is 25.6 Å². The van der Waals surface area contributed by atoms with Crippen molar-refractivity contribution in [3.05, 3.63) is 12.7 Å². The van der Waals surface area contributed by atoms with Crippen molar-refractivity contribution in [3.63, 3.8) is 0 Å². The van der Waals surface area contributed by atoms with E-state index in [9.17, 15) is 19.6 Å². The van der Waals surface area contributed by atoms with Crippen LogP contribution in [0.2, 0.25) is 0 Å². The fourth-order valence-electron chi connectivity index (χ4n) is 4.04. The zero-order valence-corrected chi connectivity index (χ0v) is 17.8. The first-order valence-corrected chi connectivity index (χ1v) is 11.7. The molecule has 1 saturated carbocycles. The largest absolute Gasteiger partial charge is 0.469 e. The summed E-state index contributed by atoms with van der Waals surface area (Å²) in [5, 5.41) is 24.7. The quantitative estimate of drug-likeness (QED) is 0.309. The molecule has 1 aliphatic carbocycles. The van der Waals surface area contributed by atoms with Crippen molar-refractivity contribution in [3.8, 4) is 0 Å². The number of amides is 2. The summed E-state index contributed by atoms with van der Waals surface area (Å²) in [6, 6.07) is -0.669. The number of anilines is 1. The summed E-state index contributed by atoms with van der Waals surface area (Å²) in [6.45, 7) is -0.306. The molecule has 3 atom stereocenters. The van der Waals surface area contributed by atoms with Crippen LogP contribution in [0.3, 0.4) is 0 Å². The van der Waals surface area contributed by atoms with Crippen LogP contribution >= 0.6 is 7.82 Å². The Morgan fingerprint density at radius 3 is 2.66 bits per heavy atom. The molecule has 15 heteroatoms. The van der Waals surface area contributed by atoms with Crippen molar-refractivity contribution in [2.75, 3.05) is 11.9 Å². The van der Waals surface area contributed by atoms with E-state index in [1.807, 2.05) is 0 Å². The average molecular weight is 472 g/mol. The van der Waals surface area contributed by atoms with Gasteiger partial charge >= 0.3 is 13.9 Å². The van der Waals surface area contributed by atoms with Crippen molar-refractivity contribution in [2.45, 2.75) is 62.7 Å². The summed E-state index contributed by atoms with van der Waals surface area (Å²) in [5.41, 5.74) is 0.744. The minimum Gasteiger partial charge on any atom is -0.394 e. The molecule has 1 saturated heterocycles. The number of ether oxygens (including phenoxy) is 1. The van der Waals surface area contributed by atoms with Gasteiger partial charge in [0.25, 0.3) is 0 Å². The fraction of sp³-hybridized carbons (Fsp3) is 0.647. The number of aliphatic hydroxyl groups is 2. The third-order valence-corrected chi connectivity index (χ3v) is 6.15. The second-order valence-electron chi connectivity index (χ2n) is 7.83. The van der Waals surface area contributed by atoms with E-state index in [1.165, 1.54) is 12.7 Å². The van der Waals surface area contributed by atoms with Gasteiger partial charge in [-0.05, 0) is 25.7 Å². The second-order valence-corrected chi connectivity index (χ2v) is 9.02. The normalized spacial score (nSPS) is 28.7. The Morgan fingerprint density at radius 2 is 2.00 bits per heavy atom. The van der Waals surface area contributed by atoms with Crippen LogP contribution in [0.15, 0.2) is 12.7 Å². The number of urea groups is 1. The lowest BCUT2D eigenvalue weighted by Crippen LogP contribution is -2.41. The third-order valence-electron chi connectivity index (χ3n) is 5.58. The molecule has 0 radical (unpaired) electrons. The first-order valence-electron chi connectivity index (χ1n) is 10.2. The zero-order chi connectivity index (χ0) is 22.9. The number of imidazole rings is 1. The molecule has 1 aliphatic heterocycles. The number of aliphatic hydroxyl groups excluding tert-OH is 2. The molecule has 176 valence electrons. The molecule has 14 nitrogen and oxygen atoms in total. The van der Waals surface area contributed by atoms with Gasteiger partial charge in [-0.2, -0.15) is 0 Å². The number of phosphoric acid groups is 1. The van der Waals surface area contributed by atoms with Gasteiger partial charge in [0.1, 0.15) is 18.7 Å². The summed E-state index contributed by atoms with van der Waals surface area (Å²) >= 11 is 0. The predicted octanol–water partition coefficient (Wildman–Crippen LogP) is 0.00900. The Morgan fingerprint density at radius 1 is 1.25 bits per heavy atom. The summed E-state index contributed by atoms with van der Waals surface area (Å²) in [4.78, 5) is 42.8. The maximum atomic E-state index is 12.5. The standard InChI is InChI=1S/C17H25N6O8P/c24-6-12-11(25)5-13(30-12)23-8-20-14-15(18-7-19-16(14)23)22-17(26)21-9-1-3-10(4-2-9)31-32(27,28)29/h7-13,24-25H,1-6H2,(H2,27,28,29)(H2,18,19,21,22,26)/t9?,10?,11-,12+,13+/m0/s1. The highest BCUT2D eigenvalue weighted by molar-refractivity contribution is 7.46. The molecule has 3 heterocycles. The van der Waals surface area contributed by atoms with Gasteiger partial charge in [-0.25, -0.2) is 24.3 Å². The number of nitrogens with one attached hydrogen (secondary N) is 2. The van der Waals surface area contributed by atoms with Crippen LogP contribution in [-0.2, 0) is 13.8 Å². The van der Waals surface area contributed by atoms with E-state index < -0.39 is 38.4 Å².